The number of nitrogens with one attached hydrogen (secondary N) is 2. The minimum atomic E-state index is 0.481. The maximum Gasteiger partial charge on any atom is 0.222 e. The van der Waals surface area contributed by atoms with E-state index in [0.717, 1.165) is 16.9 Å². The molecule has 1 fully saturated rings. The number of pyridine rings is 1. The summed E-state index contributed by atoms with van der Waals surface area (Å²) in [5.41, 5.74) is 3.49. The summed E-state index contributed by atoms with van der Waals surface area (Å²) in [7, 11) is 0. The summed E-state index contributed by atoms with van der Waals surface area (Å²) in [5.74, 6) is 0.715. The first-order valence-electron chi connectivity index (χ1n) is 8.28. The van der Waals surface area contributed by atoms with Gasteiger partial charge in [-0.1, -0.05) is 13.8 Å². The second-order valence-corrected chi connectivity index (χ2v) is 7.19. The predicted octanol–water partition coefficient (Wildman–Crippen LogP) is 4.30. The van der Waals surface area contributed by atoms with Gasteiger partial charge in [0.05, 0.1) is 18.1 Å². The van der Waals surface area contributed by atoms with Crippen molar-refractivity contribution in [3.63, 3.8) is 0 Å². The molecule has 5 heteroatoms. The van der Waals surface area contributed by atoms with Crippen molar-refractivity contribution in [1.29, 1.82) is 0 Å². The van der Waals surface area contributed by atoms with Crippen LogP contribution in [0.25, 0.3) is 0 Å². The van der Waals surface area contributed by atoms with E-state index in [1.807, 2.05) is 31.6 Å². The van der Waals surface area contributed by atoms with Crippen LogP contribution in [-0.2, 0) is 0 Å². The molecule has 0 unspecified atom stereocenters. The van der Waals surface area contributed by atoms with E-state index in [-0.39, 0.29) is 0 Å². The van der Waals surface area contributed by atoms with Gasteiger partial charge in [-0.05, 0) is 49.7 Å². The zero-order valence-corrected chi connectivity index (χ0v) is 14.1. The van der Waals surface area contributed by atoms with Gasteiger partial charge in [0.15, 0.2) is 0 Å². The van der Waals surface area contributed by atoms with Crippen molar-refractivity contribution in [2.24, 2.45) is 5.41 Å². The topological polar surface area (TPSA) is 62.7 Å². The van der Waals surface area contributed by atoms with Crippen LogP contribution in [0.5, 0.6) is 0 Å². The Balaban J connectivity index is 1.58. The van der Waals surface area contributed by atoms with Gasteiger partial charge in [0.25, 0.3) is 0 Å². The average molecular weight is 311 g/mol. The largest absolute Gasteiger partial charge is 0.353 e. The summed E-state index contributed by atoms with van der Waals surface area (Å²) in [6, 6.07) is 2.44. The molecule has 23 heavy (non-hydrogen) atoms. The maximum atomic E-state index is 4.43. The Morgan fingerprint density at radius 3 is 2.43 bits per heavy atom. The van der Waals surface area contributed by atoms with Crippen molar-refractivity contribution in [2.75, 3.05) is 10.6 Å². The van der Waals surface area contributed by atoms with Crippen LogP contribution in [0.3, 0.4) is 0 Å². The fourth-order valence-electron chi connectivity index (χ4n) is 2.96. The number of rotatable bonds is 4. The van der Waals surface area contributed by atoms with Gasteiger partial charge in [0.2, 0.25) is 5.95 Å². The van der Waals surface area contributed by atoms with E-state index in [2.05, 4.69) is 39.4 Å². The van der Waals surface area contributed by atoms with E-state index in [1.165, 1.54) is 25.7 Å². The SMILES string of the molecule is Cc1cnccc1Nc1cnc(NC2CCC(C)(C)CC2)nc1. The van der Waals surface area contributed by atoms with E-state index >= 15 is 0 Å². The Morgan fingerprint density at radius 2 is 1.78 bits per heavy atom. The van der Waals surface area contributed by atoms with Crippen LogP contribution in [0.4, 0.5) is 17.3 Å². The van der Waals surface area contributed by atoms with E-state index in [4.69, 9.17) is 0 Å². The number of hydrogen-bond acceptors (Lipinski definition) is 5. The van der Waals surface area contributed by atoms with E-state index in [1.54, 1.807) is 6.20 Å². The number of aryl methyl sites for hydroxylation is 1. The Morgan fingerprint density at radius 1 is 1.09 bits per heavy atom. The van der Waals surface area contributed by atoms with Gasteiger partial charge in [-0.25, -0.2) is 9.97 Å². The summed E-state index contributed by atoms with van der Waals surface area (Å²) in [4.78, 5) is 13.0. The van der Waals surface area contributed by atoms with E-state index in [9.17, 15) is 0 Å². The molecule has 0 spiro atoms. The van der Waals surface area contributed by atoms with Crippen molar-refractivity contribution < 1.29 is 0 Å². The third kappa shape index (κ3) is 4.18. The summed E-state index contributed by atoms with van der Waals surface area (Å²) >= 11 is 0. The highest BCUT2D eigenvalue weighted by molar-refractivity contribution is 5.61. The van der Waals surface area contributed by atoms with Gasteiger partial charge in [-0.3, -0.25) is 4.98 Å². The summed E-state index contributed by atoms with van der Waals surface area (Å²) < 4.78 is 0. The first kappa shape index (κ1) is 15.7. The minimum absolute atomic E-state index is 0.481. The lowest BCUT2D eigenvalue weighted by Crippen LogP contribution is -2.30. The normalized spacial score (nSPS) is 17.7. The molecule has 0 aliphatic heterocycles. The van der Waals surface area contributed by atoms with Crippen molar-refractivity contribution in [2.45, 2.75) is 52.5 Å². The smallest absolute Gasteiger partial charge is 0.222 e. The summed E-state index contributed by atoms with van der Waals surface area (Å²) in [6.07, 6.45) is 12.1. The average Bonchev–Trinajstić information content (AvgIpc) is 2.53. The molecule has 2 N–H and O–H groups in total. The van der Waals surface area contributed by atoms with Crippen molar-refractivity contribution in [3.05, 3.63) is 36.4 Å². The Hall–Kier alpha value is -2.17. The van der Waals surface area contributed by atoms with E-state index < -0.39 is 0 Å². The van der Waals surface area contributed by atoms with Gasteiger partial charge in [0, 0.05) is 24.1 Å². The quantitative estimate of drug-likeness (QED) is 0.881. The molecule has 0 amide bonds. The molecule has 1 aliphatic carbocycles. The first-order chi connectivity index (χ1) is 11.0. The zero-order chi connectivity index (χ0) is 16.3. The van der Waals surface area contributed by atoms with Crippen LogP contribution in [-0.4, -0.2) is 21.0 Å². The van der Waals surface area contributed by atoms with Gasteiger partial charge >= 0.3 is 0 Å². The van der Waals surface area contributed by atoms with Gasteiger partial charge < -0.3 is 10.6 Å². The molecule has 0 bridgehead atoms. The standard InChI is InChI=1S/C18H25N5/c1-13-10-19-9-6-16(13)22-15-11-20-17(21-12-15)23-14-4-7-18(2,3)8-5-14/h6,9-12,14H,4-5,7-8H2,1-3H3,(H,19,22)(H,20,21,23). The van der Waals surface area contributed by atoms with Gasteiger partial charge in [0.1, 0.15) is 0 Å². The third-order valence-electron chi connectivity index (χ3n) is 4.62. The molecule has 2 aromatic heterocycles. The molecular formula is C18H25N5. The maximum absolute atomic E-state index is 4.43. The van der Waals surface area contributed by atoms with Crippen molar-refractivity contribution >= 4 is 17.3 Å². The molecule has 1 saturated carbocycles. The summed E-state index contributed by atoms with van der Waals surface area (Å²) in [5, 5.41) is 6.78. The highest BCUT2D eigenvalue weighted by atomic mass is 15.1. The van der Waals surface area contributed by atoms with Crippen LogP contribution in [0.15, 0.2) is 30.9 Å². The van der Waals surface area contributed by atoms with Crippen molar-refractivity contribution in [1.82, 2.24) is 15.0 Å². The number of nitrogens with zero attached hydrogens (tertiary/aromatic N) is 3. The highest BCUT2D eigenvalue weighted by Crippen LogP contribution is 2.35. The molecule has 2 heterocycles. The number of anilines is 3. The van der Waals surface area contributed by atoms with Crippen molar-refractivity contribution in [3.8, 4) is 0 Å². The fourth-order valence-corrected chi connectivity index (χ4v) is 2.96. The number of hydrogen-bond donors (Lipinski definition) is 2. The first-order valence-corrected chi connectivity index (χ1v) is 8.28. The van der Waals surface area contributed by atoms with Crippen LogP contribution in [0, 0.1) is 12.3 Å². The third-order valence-corrected chi connectivity index (χ3v) is 4.62. The molecule has 0 atom stereocenters. The Kier molecular flexibility index (Phi) is 4.46. The molecule has 5 nitrogen and oxygen atoms in total. The van der Waals surface area contributed by atoms with Gasteiger partial charge in [-0.2, -0.15) is 0 Å². The molecule has 0 radical (unpaired) electrons. The molecule has 2 aromatic rings. The molecule has 3 rings (SSSR count). The lowest BCUT2D eigenvalue weighted by Gasteiger charge is -2.34. The molecule has 0 saturated heterocycles. The second-order valence-electron chi connectivity index (χ2n) is 7.19. The minimum Gasteiger partial charge on any atom is -0.353 e. The Bertz CT molecular complexity index is 641. The fraction of sp³-hybridized carbons (Fsp3) is 0.500. The van der Waals surface area contributed by atoms with Crippen LogP contribution >= 0.6 is 0 Å². The highest BCUT2D eigenvalue weighted by Gasteiger charge is 2.26. The Labute approximate surface area is 138 Å². The van der Waals surface area contributed by atoms with Crippen LogP contribution in [0.1, 0.15) is 45.1 Å². The molecule has 1 aliphatic rings. The van der Waals surface area contributed by atoms with E-state index in [0.29, 0.717) is 17.4 Å². The number of aromatic nitrogens is 3. The van der Waals surface area contributed by atoms with Gasteiger partial charge in [-0.15, -0.1) is 0 Å². The predicted molar refractivity (Wildman–Crippen MR) is 93.9 cm³/mol. The molecule has 0 aromatic carbocycles. The summed E-state index contributed by atoms with van der Waals surface area (Å²) in [6.45, 7) is 6.72. The lowest BCUT2D eigenvalue weighted by molar-refractivity contribution is 0.232. The second kappa shape index (κ2) is 6.52. The lowest BCUT2D eigenvalue weighted by atomic mass is 9.76. The molecular weight excluding hydrogens is 286 g/mol. The molecule has 122 valence electrons. The zero-order valence-electron chi connectivity index (χ0n) is 14.1. The van der Waals surface area contributed by atoms with Crippen LogP contribution in [0.2, 0.25) is 0 Å². The van der Waals surface area contributed by atoms with Crippen LogP contribution < -0.4 is 10.6 Å². The monoisotopic (exact) mass is 311 g/mol.